The van der Waals surface area contributed by atoms with Gasteiger partial charge in [0.1, 0.15) is 0 Å². The van der Waals surface area contributed by atoms with Gasteiger partial charge in [-0.25, -0.2) is 0 Å². The van der Waals surface area contributed by atoms with Gasteiger partial charge in [0.05, 0.1) is 0 Å². The van der Waals surface area contributed by atoms with Crippen LogP contribution in [0, 0.1) is 12.8 Å². The number of rotatable bonds is 3. The van der Waals surface area contributed by atoms with Gasteiger partial charge in [0.2, 0.25) is 0 Å². The van der Waals surface area contributed by atoms with E-state index in [4.69, 9.17) is 0 Å². The van der Waals surface area contributed by atoms with Crippen LogP contribution in [0.3, 0.4) is 0 Å². The minimum atomic E-state index is 0.627. The molecular formula is C17H25N. The van der Waals surface area contributed by atoms with Crippen LogP contribution in [0.1, 0.15) is 61.3 Å². The van der Waals surface area contributed by atoms with Crippen LogP contribution in [0.5, 0.6) is 0 Å². The van der Waals surface area contributed by atoms with Gasteiger partial charge in [-0.1, -0.05) is 43.0 Å². The molecule has 0 aliphatic heterocycles. The Morgan fingerprint density at radius 2 is 1.94 bits per heavy atom. The molecule has 0 spiro atoms. The van der Waals surface area contributed by atoms with Crippen molar-refractivity contribution in [1.29, 1.82) is 0 Å². The maximum absolute atomic E-state index is 3.83. The quantitative estimate of drug-likeness (QED) is 0.841. The molecule has 1 unspecified atom stereocenters. The fourth-order valence-electron chi connectivity index (χ4n) is 3.63. The van der Waals surface area contributed by atoms with E-state index in [-0.39, 0.29) is 0 Å². The van der Waals surface area contributed by atoms with Crippen molar-refractivity contribution in [2.45, 2.75) is 57.9 Å². The molecule has 3 rings (SSSR count). The summed E-state index contributed by atoms with van der Waals surface area (Å²) in [6.07, 6.45) is 9.81. The number of hydrogen-bond acceptors (Lipinski definition) is 1. The first-order valence-corrected chi connectivity index (χ1v) is 7.66. The Kier molecular flexibility index (Phi) is 3.69. The van der Waals surface area contributed by atoms with Crippen molar-refractivity contribution < 1.29 is 0 Å². The van der Waals surface area contributed by atoms with Crippen LogP contribution in [0.25, 0.3) is 0 Å². The molecule has 0 saturated heterocycles. The molecule has 2 aliphatic rings. The lowest BCUT2D eigenvalue weighted by atomic mass is 9.89. The summed E-state index contributed by atoms with van der Waals surface area (Å²) in [6, 6.07) is 7.60. The molecule has 18 heavy (non-hydrogen) atoms. The van der Waals surface area contributed by atoms with E-state index < -0.39 is 0 Å². The molecule has 1 aromatic rings. The van der Waals surface area contributed by atoms with Gasteiger partial charge in [0.25, 0.3) is 0 Å². The Bertz CT molecular complexity index is 404. The van der Waals surface area contributed by atoms with Gasteiger partial charge in [-0.05, 0) is 56.2 Å². The molecule has 0 aromatic heterocycles. The number of aryl methyl sites for hydroxylation is 2. The van der Waals surface area contributed by atoms with Crippen molar-refractivity contribution in [3.8, 4) is 0 Å². The highest BCUT2D eigenvalue weighted by Gasteiger charge is 2.23. The molecule has 1 aromatic carbocycles. The lowest BCUT2D eigenvalue weighted by molar-refractivity contribution is 0.327. The van der Waals surface area contributed by atoms with E-state index in [0.29, 0.717) is 6.04 Å². The highest BCUT2D eigenvalue weighted by atomic mass is 14.9. The standard InChI is InChI=1S/C17H25N/c1-13-7-8-15-9-10-17(16(15)11-13)18-12-14-5-3-2-4-6-14/h7-8,11,14,17-18H,2-6,9-10,12H2,1H3. The number of benzene rings is 1. The summed E-state index contributed by atoms with van der Waals surface area (Å²) >= 11 is 0. The number of hydrogen-bond donors (Lipinski definition) is 1. The fraction of sp³-hybridized carbons (Fsp3) is 0.647. The zero-order chi connectivity index (χ0) is 12.4. The summed E-state index contributed by atoms with van der Waals surface area (Å²) in [5.74, 6) is 0.938. The maximum atomic E-state index is 3.83. The van der Waals surface area contributed by atoms with Crippen LogP contribution < -0.4 is 5.32 Å². The van der Waals surface area contributed by atoms with Crippen LogP contribution in [-0.2, 0) is 6.42 Å². The van der Waals surface area contributed by atoms with Gasteiger partial charge in [-0.2, -0.15) is 0 Å². The smallest absolute Gasteiger partial charge is 0.0326 e. The van der Waals surface area contributed by atoms with Gasteiger partial charge in [-0.3, -0.25) is 0 Å². The highest BCUT2D eigenvalue weighted by Crippen LogP contribution is 2.32. The Morgan fingerprint density at radius 1 is 1.11 bits per heavy atom. The number of fused-ring (bicyclic) bond motifs is 1. The molecule has 1 saturated carbocycles. The summed E-state index contributed by atoms with van der Waals surface area (Å²) in [5.41, 5.74) is 4.55. The summed E-state index contributed by atoms with van der Waals surface area (Å²) in [6.45, 7) is 3.44. The monoisotopic (exact) mass is 243 g/mol. The molecule has 1 heteroatoms. The SMILES string of the molecule is Cc1ccc2c(c1)C(NCC1CCCCC1)CC2. The van der Waals surface area contributed by atoms with E-state index in [9.17, 15) is 0 Å². The zero-order valence-corrected chi connectivity index (χ0v) is 11.5. The van der Waals surface area contributed by atoms with Crippen molar-refractivity contribution in [3.05, 3.63) is 34.9 Å². The number of nitrogens with one attached hydrogen (secondary N) is 1. The summed E-state index contributed by atoms with van der Waals surface area (Å²) in [7, 11) is 0. The van der Waals surface area contributed by atoms with E-state index in [2.05, 4.69) is 30.4 Å². The summed E-state index contributed by atoms with van der Waals surface area (Å²) in [5, 5.41) is 3.83. The lowest BCUT2D eigenvalue weighted by Gasteiger charge is -2.24. The van der Waals surface area contributed by atoms with Gasteiger partial charge >= 0.3 is 0 Å². The third-order valence-electron chi connectivity index (χ3n) is 4.76. The van der Waals surface area contributed by atoms with Crippen molar-refractivity contribution >= 4 is 0 Å². The van der Waals surface area contributed by atoms with E-state index in [1.807, 2.05) is 0 Å². The Hall–Kier alpha value is -0.820. The van der Waals surface area contributed by atoms with E-state index in [1.54, 1.807) is 11.1 Å². The van der Waals surface area contributed by atoms with Crippen molar-refractivity contribution in [3.63, 3.8) is 0 Å². The van der Waals surface area contributed by atoms with Gasteiger partial charge in [0, 0.05) is 6.04 Å². The Morgan fingerprint density at radius 3 is 2.78 bits per heavy atom. The van der Waals surface area contributed by atoms with Crippen molar-refractivity contribution in [1.82, 2.24) is 5.32 Å². The van der Waals surface area contributed by atoms with E-state index in [0.717, 1.165) is 5.92 Å². The molecule has 2 aliphatic carbocycles. The molecule has 1 atom stereocenters. The van der Waals surface area contributed by atoms with Gasteiger partial charge in [-0.15, -0.1) is 0 Å². The lowest BCUT2D eigenvalue weighted by Crippen LogP contribution is -2.27. The third kappa shape index (κ3) is 2.61. The van der Waals surface area contributed by atoms with Crippen molar-refractivity contribution in [2.24, 2.45) is 5.92 Å². The molecule has 1 N–H and O–H groups in total. The maximum Gasteiger partial charge on any atom is 0.0326 e. The average molecular weight is 243 g/mol. The molecule has 0 heterocycles. The molecule has 0 bridgehead atoms. The Labute approximate surface area is 111 Å². The highest BCUT2D eigenvalue weighted by molar-refractivity contribution is 5.37. The van der Waals surface area contributed by atoms with Crippen LogP contribution >= 0.6 is 0 Å². The summed E-state index contributed by atoms with van der Waals surface area (Å²) in [4.78, 5) is 0. The normalized spacial score (nSPS) is 24.2. The summed E-state index contributed by atoms with van der Waals surface area (Å²) < 4.78 is 0. The average Bonchev–Trinajstić information content (AvgIpc) is 2.80. The van der Waals surface area contributed by atoms with E-state index in [1.165, 1.54) is 57.1 Å². The minimum absolute atomic E-state index is 0.627. The second-order valence-electron chi connectivity index (χ2n) is 6.21. The fourth-order valence-corrected chi connectivity index (χ4v) is 3.63. The second-order valence-corrected chi connectivity index (χ2v) is 6.21. The van der Waals surface area contributed by atoms with Crippen LogP contribution in [0.4, 0.5) is 0 Å². The molecule has 0 radical (unpaired) electrons. The second kappa shape index (κ2) is 5.44. The predicted molar refractivity (Wildman–Crippen MR) is 76.8 cm³/mol. The van der Waals surface area contributed by atoms with Crippen LogP contribution in [0.2, 0.25) is 0 Å². The predicted octanol–water partition coefficient (Wildman–Crippen LogP) is 4.15. The molecule has 0 amide bonds. The topological polar surface area (TPSA) is 12.0 Å². The largest absolute Gasteiger partial charge is 0.310 e. The molecular weight excluding hydrogens is 218 g/mol. The van der Waals surface area contributed by atoms with Crippen LogP contribution in [0.15, 0.2) is 18.2 Å². The van der Waals surface area contributed by atoms with Crippen molar-refractivity contribution in [2.75, 3.05) is 6.54 Å². The van der Waals surface area contributed by atoms with Gasteiger partial charge < -0.3 is 5.32 Å². The van der Waals surface area contributed by atoms with Gasteiger partial charge in [0.15, 0.2) is 0 Å². The van der Waals surface area contributed by atoms with Crippen LogP contribution in [-0.4, -0.2) is 6.54 Å². The Balaban J connectivity index is 1.60. The first kappa shape index (κ1) is 12.2. The van der Waals surface area contributed by atoms with E-state index >= 15 is 0 Å². The molecule has 1 nitrogen and oxygen atoms in total. The molecule has 98 valence electrons. The minimum Gasteiger partial charge on any atom is -0.310 e. The zero-order valence-electron chi connectivity index (χ0n) is 11.5. The first-order valence-electron chi connectivity index (χ1n) is 7.66. The first-order chi connectivity index (χ1) is 8.83. The molecule has 1 fully saturated rings. The third-order valence-corrected chi connectivity index (χ3v) is 4.76.